The van der Waals surface area contributed by atoms with E-state index in [1.807, 2.05) is 23.1 Å². The van der Waals surface area contributed by atoms with E-state index < -0.39 is 6.10 Å². The maximum absolute atomic E-state index is 13.1. The number of carbonyl (C=O) groups excluding carboxylic acids is 2. The summed E-state index contributed by atoms with van der Waals surface area (Å²) in [6.45, 7) is 6.72. The molecule has 28 heavy (non-hydrogen) atoms. The summed E-state index contributed by atoms with van der Waals surface area (Å²) < 4.78 is 5.96. The van der Waals surface area contributed by atoms with E-state index in [2.05, 4.69) is 36.1 Å². The molecule has 0 N–H and O–H groups in total. The van der Waals surface area contributed by atoms with E-state index in [9.17, 15) is 9.59 Å². The summed E-state index contributed by atoms with van der Waals surface area (Å²) >= 11 is 0. The molecule has 6 heteroatoms. The van der Waals surface area contributed by atoms with Crippen molar-refractivity contribution in [1.29, 1.82) is 0 Å². The van der Waals surface area contributed by atoms with Gasteiger partial charge >= 0.3 is 0 Å². The molecular formula is C22H25N3O3. The van der Waals surface area contributed by atoms with Crippen molar-refractivity contribution in [3.8, 4) is 5.75 Å². The van der Waals surface area contributed by atoms with E-state index in [1.165, 1.54) is 18.2 Å². The summed E-state index contributed by atoms with van der Waals surface area (Å²) in [7, 11) is 0. The number of rotatable bonds is 2. The van der Waals surface area contributed by atoms with Crippen molar-refractivity contribution in [2.24, 2.45) is 0 Å². The number of amides is 2. The molecule has 0 spiro atoms. The van der Waals surface area contributed by atoms with Crippen LogP contribution in [0.25, 0.3) is 0 Å². The average molecular weight is 379 g/mol. The van der Waals surface area contributed by atoms with Gasteiger partial charge in [-0.3, -0.25) is 9.59 Å². The molecule has 2 aliphatic heterocycles. The Labute approximate surface area is 165 Å². The first-order chi connectivity index (χ1) is 13.5. The summed E-state index contributed by atoms with van der Waals surface area (Å²) in [6, 6.07) is 15.8. The minimum atomic E-state index is -0.663. The molecule has 0 saturated carbocycles. The summed E-state index contributed by atoms with van der Waals surface area (Å²) in [5.74, 6) is 0.447. The topological polar surface area (TPSA) is 53.1 Å². The molecule has 1 atom stereocenters. The lowest BCUT2D eigenvalue weighted by Crippen LogP contribution is -2.56. The molecule has 2 aromatic carbocycles. The number of fused-ring (bicyclic) bond motifs is 1. The van der Waals surface area contributed by atoms with Gasteiger partial charge in [-0.15, -0.1) is 0 Å². The second kappa shape index (κ2) is 7.54. The normalized spacial score (nSPS) is 19.1. The van der Waals surface area contributed by atoms with Gasteiger partial charge in [-0.05, 0) is 36.8 Å². The Kier molecular flexibility index (Phi) is 4.94. The summed E-state index contributed by atoms with van der Waals surface area (Å²) in [5, 5.41) is 0. The van der Waals surface area contributed by atoms with Gasteiger partial charge in [0.05, 0.1) is 12.2 Å². The predicted molar refractivity (Wildman–Crippen MR) is 109 cm³/mol. The zero-order valence-electron chi connectivity index (χ0n) is 16.3. The first-order valence-electron chi connectivity index (χ1n) is 9.67. The summed E-state index contributed by atoms with van der Waals surface area (Å²) in [5.41, 5.74) is 3.15. The fraction of sp³-hybridized carbons (Fsp3) is 0.364. The SMILES string of the molecule is CC(=O)N1C[C@@H](C(=O)N2CCN(c3cccc(C)c3)CC2)Oc2ccccc21. The van der Waals surface area contributed by atoms with E-state index in [-0.39, 0.29) is 18.4 Å². The molecule has 0 aromatic heterocycles. The largest absolute Gasteiger partial charge is 0.476 e. The zero-order chi connectivity index (χ0) is 19.7. The smallest absolute Gasteiger partial charge is 0.265 e. The first-order valence-corrected chi connectivity index (χ1v) is 9.67. The Morgan fingerprint density at radius 1 is 1.00 bits per heavy atom. The van der Waals surface area contributed by atoms with Crippen molar-refractivity contribution in [2.45, 2.75) is 20.0 Å². The second-order valence-electron chi connectivity index (χ2n) is 7.36. The molecule has 0 unspecified atom stereocenters. The number of nitrogens with zero attached hydrogens (tertiary/aromatic N) is 3. The van der Waals surface area contributed by atoms with Crippen molar-refractivity contribution in [2.75, 3.05) is 42.5 Å². The Hall–Kier alpha value is -3.02. The van der Waals surface area contributed by atoms with Gasteiger partial charge in [0.15, 0.2) is 6.10 Å². The van der Waals surface area contributed by atoms with Crippen LogP contribution in [-0.4, -0.2) is 55.5 Å². The van der Waals surface area contributed by atoms with Crippen LogP contribution in [0.5, 0.6) is 5.75 Å². The lowest BCUT2D eigenvalue weighted by atomic mass is 10.1. The van der Waals surface area contributed by atoms with E-state index >= 15 is 0 Å². The lowest BCUT2D eigenvalue weighted by Gasteiger charge is -2.40. The number of piperazine rings is 1. The number of hydrogen-bond acceptors (Lipinski definition) is 4. The Morgan fingerprint density at radius 3 is 2.46 bits per heavy atom. The maximum Gasteiger partial charge on any atom is 0.265 e. The van der Waals surface area contributed by atoms with Crippen molar-refractivity contribution in [1.82, 2.24) is 4.90 Å². The van der Waals surface area contributed by atoms with Crippen LogP contribution in [0.2, 0.25) is 0 Å². The van der Waals surface area contributed by atoms with Crippen molar-refractivity contribution in [3.63, 3.8) is 0 Å². The highest BCUT2D eigenvalue weighted by Gasteiger charge is 2.35. The average Bonchev–Trinajstić information content (AvgIpc) is 2.72. The minimum absolute atomic E-state index is 0.0513. The Morgan fingerprint density at radius 2 is 1.75 bits per heavy atom. The fourth-order valence-electron chi connectivity index (χ4n) is 3.87. The number of carbonyl (C=O) groups is 2. The lowest BCUT2D eigenvalue weighted by molar-refractivity contribution is -0.139. The Bertz CT molecular complexity index is 890. The van der Waals surface area contributed by atoms with Gasteiger partial charge in [0.2, 0.25) is 5.91 Å². The van der Waals surface area contributed by atoms with E-state index in [1.54, 1.807) is 11.0 Å². The first kappa shape index (κ1) is 18.3. The van der Waals surface area contributed by atoms with Gasteiger partial charge < -0.3 is 19.4 Å². The van der Waals surface area contributed by atoms with Crippen LogP contribution in [0, 0.1) is 6.92 Å². The van der Waals surface area contributed by atoms with Crippen LogP contribution in [-0.2, 0) is 9.59 Å². The quantitative estimate of drug-likeness (QED) is 0.804. The summed E-state index contributed by atoms with van der Waals surface area (Å²) in [4.78, 5) is 30.9. The molecule has 1 fully saturated rings. The molecule has 0 radical (unpaired) electrons. The minimum Gasteiger partial charge on any atom is -0.476 e. The number of aryl methyl sites for hydroxylation is 1. The standard InChI is InChI=1S/C22H25N3O3/c1-16-6-5-7-18(14-16)23-10-12-24(13-11-23)22(27)21-15-25(17(2)26)19-8-3-4-9-20(19)28-21/h3-9,14,21H,10-13,15H2,1-2H3/t21-/m0/s1. The fourth-order valence-corrected chi connectivity index (χ4v) is 3.87. The van der Waals surface area contributed by atoms with E-state index in [0.717, 1.165) is 18.8 Å². The summed E-state index contributed by atoms with van der Waals surface area (Å²) in [6.07, 6.45) is -0.663. The number of benzene rings is 2. The van der Waals surface area contributed by atoms with Gasteiger partial charge in [0.1, 0.15) is 5.75 Å². The molecule has 146 valence electrons. The van der Waals surface area contributed by atoms with Gasteiger partial charge in [-0.1, -0.05) is 24.3 Å². The molecular weight excluding hydrogens is 354 g/mol. The van der Waals surface area contributed by atoms with Gasteiger partial charge in [-0.2, -0.15) is 0 Å². The van der Waals surface area contributed by atoms with Gasteiger partial charge in [0, 0.05) is 38.8 Å². The predicted octanol–water partition coefficient (Wildman–Crippen LogP) is 2.46. The number of anilines is 2. The van der Waals surface area contributed by atoms with Crippen molar-refractivity contribution < 1.29 is 14.3 Å². The van der Waals surface area contributed by atoms with Crippen molar-refractivity contribution in [3.05, 3.63) is 54.1 Å². The number of para-hydroxylation sites is 2. The highest BCUT2D eigenvalue weighted by Crippen LogP contribution is 2.33. The third kappa shape index (κ3) is 3.54. The van der Waals surface area contributed by atoms with Crippen LogP contribution in [0.1, 0.15) is 12.5 Å². The molecule has 2 amide bonds. The zero-order valence-corrected chi connectivity index (χ0v) is 16.3. The van der Waals surface area contributed by atoms with Crippen LogP contribution in [0.15, 0.2) is 48.5 Å². The monoisotopic (exact) mass is 379 g/mol. The molecule has 2 heterocycles. The molecule has 0 aliphatic carbocycles. The highest BCUT2D eigenvalue weighted by molar-refractivity contribution is 5.95. The van der Waals surface area contributed by atoms with Gasteiger partial charge in [0.25, 0.3) is 5.91 Å². The molecule has 6 nitrogen and oxygen atoms in total. The molecule has 1 saturated heterocycles. The van der Waals surface area contributed by atoms with Gasteiger partial charge in [-0.25, -0.2) is 0 Å². The van der Waals surface area contributed by atoms with Crippen LogP contribution in [0.4, 0.5) is 11.4 Å². The molecule has 2 aromatic rings. The number of ether oxygens (including phenoxy) is 1. The third-order valence-corrected chi connectivity index (χ3v) is 5.39. The Balaban J connectivity index is 1.44. The van der Waals surface area contributed by atoms with Crippen LogP contribution >= 0.6 is 0 Å². The van der Waals surface area contributed by atoms with Crippen LogP contribution < -0.4 is 14.5 Å². The third-order valence-electron chi connectivity index (χ3n) is 5.39. The van der Waals surface area contributed by atoms with E-state index in [4.69, 9.17) is 4.74 Å². The van der Waals surface area contributed by atoms with Crippen molar-refractivity contribution >= 4 is 23.2 Å². The molecule has 4 rings (SSSR count). The number of hydrogen-bond donors (Lipinski definition) is 0. The molecule has 0 bridgehead atoms. The van der Waals surface area contributed by atoms with Crippen LogP contribution in [0.3, 0.4) is 0 Å². The highest BCUT2D eigenvalue weighted by atomic mass is 16.5. The second-order valence-corrected chi connectivity index (χ2v) is 7.36. The maximum atomic E-state index is 13.1. The molecule has 2 aliphatic rings. The van der Waals surface area contributed by atoms with E-state index in [0.29, 0.717) is 18.8 Å².